The fraction of sp³-hybridized carbons (Fsp3) is 0.583. The Labute approximate surface area is 95.7 Å². The predicted octanol–water partition coefficient (Wildman–Crippen LogP) is 1.83. The van der Waals surface area contributed by atoms with Crippen molar-refractivity contribution in [3.05, 3.63) is 23.7 Å². The van der Waals surface area contributed by atoms with Gasteiger partial charge in [-0.3, -0.25) is 4.79 Å². The molecule has 0 saturated heterocycles. The standard InChI is InChI=1S/C12H19NO3/c1-9(12(14)15)5-7-13-8-6-11-4-3-10(2)16-11/h3-4,9,13H,5-8H2,1-2H3,(H,14,15). The smallest absolute Gasteiger partial charge is 0.306 e. The van der Waals surface area contributed by atoms with Crippen molar-refractivity contribution < 1.29 is 14.3 Å². The van der Waals surface area contributed by atoms with Crippen molar-refractivity contribution in [2.24, 2.45) is 5.92 Å². The average Bonchev–Trinajstić information content (AvgIpc) is 2.63. The fourth-order valence-corrected chi connectivity index (χ4v) is 1.40. The lowest BCUT2D eigenvalue weighted by molar-refractivity contribution is -0.141. The SMILES string of the molecule is Cc1ccc(CCNCCC(C)C(=O)O)o1. The minimum atomic E-state index is -0.733. The molecule has 1 unspecified atom stereocenters. The second kappa shape index (κ2) is 6.33. The Balaban J connectivity index is 2.06. The van der Waals surface area contributed by atoms with Crippen molar-refractivity contribution >= 4 is 5.97 Å². The van der Waals surface area contributed by atoms with E-state index in [0.29, 0.717) is 6.42 Å². The maximum absolute atomic E-state index is 10.5. The number of nitrogens with one attached hydrogen (secondary N) is 1. The van der Waals surface area contributed by atoms with Crippen molar-refractivity contribution in [3.8, 4) is 0 Å². The number of aliphatic carboxylic acids is 1. The Bertz CT molecular complexity index is 333. The summed E-state index contributed by atoms with van der Waals surface area (Å²) in [6.45, 7) is 5.19. The maximum atomic E-state index is 10.5. The van der Waals surface area contributed by atoms with Crippen molar-refractivity contribution in [3.63, 3.8) is 0 Å². The van der Waals surface area contributed by atoms with Crippen molar-refractivity contribution in [1.82, 2.24) is 5.32 Å². The van der Waals surface area contributed by atoms with Gasteiger partial charge in [-0.1, -0.05) is 6.92 Å². The molecule has 16 heavy (non-hydrogen) atoms. The van der Waals surface area contributed by atoms with Gasteiger partial charge in [0, 0.05) is 13.0 Å². The van der Waals surface area contributed by atoms with E-state index in [2.05, 4.69) is 5.32 Å². The summed E-state index contributed by atoms with van der Waals surface area (Å²) in [6.07, 6.45) is 1.50. The van der Waals surface area contributed by atoms with Crippen molar-refractivity contribution in [2.45, 2.75) is 26.7 Å². The lowest BCUT2D eigenvalue weighted by atomic mass is 10.1. The van der Waals surface area contributed by atoms with Crippen molar-refractivity contribution in [1.29, 1.82) is 0 Å². The number of carboxylic acid groups (broad SMARTS) is 1. The van der Waals surface area contributed by atoms with E-state index in [0.717, 1.165) is 31.0 Å². The van der Waals surface area contributed by atoms with E-state index in [9.17, 15) is 4.79 Å². The van der Waals surface area contributed by atoms with Crippen LogP contribution in [0.3, 0.4) is 0 Å². The maximum Gasteiger partial charge on any atom is 0.306 e. The summed E-state index contributed by atoms with van der Waals surface area (Å²) in [4.78, 5) is 10.5. The van der Waals surface area contributed by atoms with E-state index in [-0.39, 0.29) is 5.92 Å². The molecule has 0 radical (unpaired) electrons. The second-order valence-electron chi connectivity index (χ2n) is 4.04. The van der Waals surface area contributed by atoms with Gasteiger partial charge in [0.2, 0.25) is 0 Å². The molecule has 4 nitrogen and oxygen atoms in total. The van der Waals surface area contributed by atoms with E-state index in [1.807, 2.05) is 19.1 Å². The molecule has 0 bridgehead atoms. The predicted molar refractivity (Wildman–Crippen MR) is 61.4 cm³/mol. The summed E-state index contributed by atoms with van der Waals surface area (Å²) < 4.78 is 5.42. The van der Waals surface area contributed by atoms with E-state index < -0.39 is 5.97 Å². The lowest BCUT2D eigenvalue weighted by Gasteiger charge is -2.06. The van der Waals surface area contributed by atoms with Crippen LogP contribution in [0.2, 0.25) is 0 Å². The first-order chi connectivity index (χ1) is 7.59. The highest BCUT2D eigenvalue weighted by Crippen LogP contribution is 2.06. The Morgan fingerprint density at radius 2 is 2.25 bits per heavy atom. The minimum absolute atomic E-state index is 0.279. The molecule has 0 aliphatic carbocycles. The van der Waals surface area contributed by atoms with Gasteiger partial charge in [-0.05, 0) is 32.0 Å². The number of furan rings is 1. The fourth-order valence-electron chi connectivity index (χ4n) is 1.40. The van der Waals surface area contributed by atoms with Crippen LogP contribution in [-0.2, 0) is 11.2 Å². The van der Waals surface area contributed by atoms with Crippen LogP contribution >= 0.6 is 0 Å². The van der Waals surface area contributed by atoms with Gasteiger partial charge in [-0.15, -0.1) is 0 Å². The summed E-state index contributed by atoms with van der Waals surface area (Å²) in [5.41, 5.74) is 0. The zero-order valence-electron chi connectivity index (χ0n) is 9.82. The molecule has 0 aromatic carbocycles. The topological polar surface area (TPSA) is 62.5 Å². The normalized spacial score (nSPS) is 12.6. The molecule has 0 amide bonds. The molecule has 1 heterocycles. The summed E-state index contributed by atoms with van der Waals surface area (Å²) in [5.74, 6) is 0.882. The molecule has 1 aromatic heterocycles. The summed E-state index contributed by atoms with van der Waals surface area (Å²) in [5, 5.41) is 11.9. The molecule has 90 valence electrons. The molecule has 0 aliphatic rings. The quantitative estimate of drug-likeness (QED) is 0.695. The van der Waals surface area contributed by atoms with Crippen LogP contribution in [0.5, 0.6) is 0 Å². The summed E-state index contributed by atoms with van der Waals surface area (Å²) in [7, 11) is 0. The average molecular weight is 225 g/mol. The molecular weight excluding hydrogens is 206 g/mol. The second-order valence-corrected chi connectivity index (χ2v) is 4.04. The largest absolute Gasteiger partial charge is 0.481 e. The number of hydrogen-bond acceptors (Lipinski definition) is 3. The number of carbonyl (C=O) groups is 1. The van der Waals surface area contributed by atoms with Crippen LogP contribution in [0.1, 0.15) is 24.9 Å². The zero-order valence-corrected chi connectivity index (χ0v) is 9.82. The van der Waals surface area contributed by atoms with Gasteiger partial charge < -0.3 is 14.8 Å². The Morgan fingerprint density at radius 3 is 2.81 bits per heavy atom. The summed E-state index contributed by atoms with van der Waals surface area (Å²) in [6, 6.07) is 3.92. The number of hydrogen-bond donors (Lipinski definition) is 2. The van der Waals surface area contributed by atoms with Crippen LogP contribution in [0, 0.1) is 12.8 Å². The van der Waals surface area contributed by atoms with Crippen LogP contribution in [0.15, 0.2) is 16.5 Å². The highest BCUT2D eigenvalue weighted by molar-refractivity contribution is 5.69. The Hall–Kier alpha value is -1.29. The van der Waals surface area contributed by atoms with Gasteiger partial charge in [0.1, 0.15) is 11.5 Å². The van der Waals surface area contributed by atoms with Gasteiger partial charge in [0.25, 0.3) is 0 Å². The molecule has 1 atom stereocenters. The van der Waals surface area contributed by atoms with Crippen LogP contribution in [-0.4, -0.2) is 24.2 Å². The first-order valence-corrected chi connectivity index (χ1v) is 5.58. The van der Waals surface area contributed by atoms with E-state index in [4.69, 9.17) is 9.52 Å². The molecule has 4 heteroatoms. The number of carboxylic acids is 1. The number of aryl methyl sites for hydroxylation is 1. The highest BCUT2D eigenvalue weighted by Gasteiger charge is 2.09. The van der Waals surface area contributed by atoms with Crippen molar-refractivity contribution in [2.75, 3.05) is 13.1 Å². The third-order valence-electron chi connectivity index (χ3n) is 2.52. The Morgan fingerprint density at radius 1 is 1.50 bits per heavy atom. The lowest BCUT2D eigenvalue weighted by Crippen LogP contribution is -2.22. The third-order valence-corrected chi connectivity index (χ3v) is 2.52. The van der Waals surface area contributed by atoms with Gasteiger partial charge in [-0.25, -0.2) is 0 Å². The first kappa shape index (κ1) is 12.8. The van der Waals surface area contributed by atoms with Gasteiger partial charge in [0.15, 0.2) is 0 Å². The van der Waals surface area contributed by atoms with Crippen LogP contribution < -0.4 is 5.32 Å². The molecule has 0 aliphatic heterocycles. The number of rotatable bonds is 7. The molecule has 1 rings (SSSR count). The molecule has 1 aromatic rings. The van der Waals surface area contributed by atoms with E-state index >= 15 is 0 Å². The highest BCUT2D eigenvalue weighted by atomic mass is 16.4. The zero-order chi connectivity index (χ0) is 12.0. The molecular formula is C12H19NO3. The van der Waals surface area contributed by atoms with E-state index in [1.165, 1.54) is 0 Å². The molecule has 2 N–H and O–H groups in total. The first-order valence-electron chi connectivity index (χ1n) is 5.58. The monoisotopic (exact) mass is 225 g/mol. The molecule has 0 spiro atoms. The van der Waals surface area contributed by atoms with Gasteiger partial charge >= 0.3 is 5.97 Å². The summed E-state index contributed by atoms with van der Waals surface area (Å²) >= 11 is 0. The van der Waals surface area contributed by atoms with Gasteiger partial charge in [0.05, 0.1) is 5.92 Å². The van der Waals surface area contributed by atoms with Crippen LogP contribution in [0.25, 0.3) is 0 Å². The Kier molecular flexibility index (Phi) is 5.05. The molecule has 0 fully saturated rings. The van der Waals surface area contributed by atoms with Gasteiger partial charge in [-0.2, -0.15) is 0 Å². The third kappa shape index (κ3) is 4.49. The van der Waals surface area contributed by atoms with E-state index in [1.54, 1.807) is 6.92 Å². The molecule has 0 saturated carbocycles. The van der Waals surface area contributed by atoms with Crippen LogP contribution in [0.4, 0.5) is 0 Å². The minimum Gasteiger partial charge on any atom is -0.481 e.